The molecule has 0 unspecified atom stereocenters. The second kappa shape index (κ2) is 4.33. The fourth-order valence-corrected chi connectivity index (χ4v) is 2.27. The molecule has 90 valence electrons. The second-order valence-electron chi connectivity index (χ2n) is 4.51. The predicted molar refractivity (Wildman–Crippen MR) is 64.6 cm³/mol. The highest BCUT2D eigenvalue weighted by Gasteiger charge is 2.17. The van der Waals surface area contributed by atoms with Crippen molar-refractivity contribution in [2.24, 2.45) is 5.92 Å². The molecule has 0 saturated carbocycles. The molecular weight excluding hydrogens is 216 g/mol. The summed E-state index contributed by atoms with van der Waals surface area (Å²) in [5, 5.41) is 4.45. The van der Waals surface area contributed by atoms with Crippen LogP contribution >= 0.6 is 0 Å². The van der Waals surface area contributed by atoms with Crippen molar-refractivity contribution in [2.45, 2.75) is 19.3 Å². The Labute approximate surface area is 99.6 Å². The number of hydrogen-bond donors (Lipinski definition) is 1. The summed E-state index contributed by atoms with van der Waals surface area (Å²) in [6.45, 7) is 1.72. The number of hydrogen-bond acceptors (Lipinski definition) is 4. The van der Waals surface area contributed by atoms with E-state index in [2.05, 4.69) is 10.1 Å². The van der Waals surface area contributed by atoms with Crippen molar-refractivity contribution >= 4 is 11.5 Å². The van der Waals surface area contributed by atoms with Crippen molar-refractivity contribution in [1.82, 2.24) is 14.6 Å². The molecule has 1 fully saturated rings. The molecule has 1 aliphatic rings. The fraction of sp³-hybridized carbons (Fsp3) is 0.500. The maximum Gasteiger partial charge on any atom is 0.157 e. The van der Waals surface area contributed by atoms with Crippen LogP contribution in [0.5, 0.6) is 0 Å². The molecule has 0 aliphatic carbocycles. The molecule has 5 heteroatoms. The highest BCUT2D eigenvalue weighted by Crippen LogP contribution is 2.19. The lowest BCUT2D eigenvalue weighted by molar-refractivity contribution is 0.0660. The van der Waals surface area contributed by atoms with Crippen LogP contribution in [0, 0.1) is 5.92 Å². The zero-order valence-electron chi connectivity index (χ0n) is 9.67. The molecule has 0 bridgehead atoms. The topological polar surface area (TPSA) is 65.4 Å². The van der Waals surface area contributed by atoms with Gasteiger partial charge in [0.15, 0.2) is 11.5 Å². The first-order valence-corrected chi connectivity index (χ1v) is 6.01. The molecule has 17 heavy (non-hydrogen) atoms. The number of aromatic nitrogens is 3. The van der Waals surface area contributed by atoms with Crippen molar-refractivity contribution in [2.75, 3.05) is 18.9 Å². The summed E-state index contributed by atoms with van der Waals surface area (Å²) in [5.41, 5.74) is 6.67. The van der Waals surface area contributed by atoms with Crippen LogP contribution in [0.25, 0.3) is 5.65 Å². The van der Waals surface area contributed by atoms with Crippen molar-refractivity contribution in [3.05, 3.63) is 24.0 Å². The summed E-state index contributed by atoms with van der Waals surface area (Å²) in [5.74, 6) is 2.16. The van der Waals surface area contributed by atoms with Crippen LogP contribution in [0.2, 0.25) is 0 Å². The van der Waals surface area contributed by atoms with Gasteiger partial charge < -0.3 is 10.5 Å². The molecule has 5 nitrogen and oxygen atoms in total. The molecule has 0 spiro atoms. The number of ether oxygens (including phenoxy) is 1. The number of fused-ring (bicyclic) bond motifs is 1. The summed E-state index contributed by atoms with van der Waals surface area (Å²) in [4.78, 5) is 4.50. The number of anilines is 1. The Morgan fingerprint density at radius 1 is 1.35 bits per heavy atom. The van der Waals surface area contributed by atoms with Crippen molar-refractivity contribution in [3.8, 4) is 0 Å². The molecule has 0 radical (unpaired) electrons. The van der Waals surface area contributed by atoms with Gasteiger partial charge in [0, 0.05) is 19.6 Å². The van der Waals surface area contributed by atoms with Gasteiger partial charge in [0.1, 0.15) is 5.82 Å². The maximum absolute atomic E-state index is 5.84. The van der Waals surface area contributed by atoms with Gasteiger partial charge in [-0.25, -0.2) is 4.98 Å². The lowest BCUT2D eigenvalue weighted by Gasteiger charge is -2.20. The van der Waals surface area contributed by atoms with Crippen LogP contribution in [0.4, 0.5) is 5.82 Å². The van der Waals surface area contributed by atoms with E-state index in [9.17, 15) is 0 Å². The van der Waals surface area contributed by atoms with Crippen LogP contribution in [-0.4, -0.2) is 27.8 Å². The first kappa shape index (κ1) is 10.5. The number of pyridine rings is 1. The Bertz CT molecular complexity index is 516. The Kier molecular flexibility index (Phi) is 2.68. The molecular formula is C12H16N4O. The van der Waals surface area contributed by atoms with Gasteiger partial charge >= 0.3 is 0 Å². The van der Waals surface area contributed by atoms with Gasteiger partial charge in [-0.2, -0.15) is 4.52 Å². The summed E-state index contributed by atoms with van der Waals surface area (Å²) in [7, 11) is 0. The molecule has 0 aromatic carbocycles. The van der Waals surface area contributed by atoms with E-state index >= 15 is 0 Å². The zero-order valence-corrected chi connectivity index (χ0v) is 9.67. The quantitative estimate of drug-likeness (QED) is 0.847. The average molecular weight is 232 g/mol. The third-order valence-electron chi connectivity index (χ3n) is 3.25. The smallest absolute Gasteiger partial charge is 0.157 e. The van der Waals surface area contributed by atoms with Gasteiger partial charge in [0.05, 0.1) is 0 Å². The van der Waals surface area contributed by atoms with E-state index < -0.39 is 0 Å². The van der Waals surface area contributed by atoms with Crippen molar-refractivity contribution in [3.63, 3.8) is 0 Å². The van der Waals surface area contributed by atoms with Crippen LogP contribution in [0.15, 0.2) is 18.2 Å². The van der Waals surface area contributed by atoms with Gasteiger partial charge in [0.25, 0.3) is 0 Å². The van der Waals surface area contributed by atoms with Crippen LogP contribution in [-0.2, 0) is 11.2 Å². The predicted octanol–water partition coefficient (Wildman–Crippen LogP) is 1.28. The Hall–Kier alpha value is -1.62. The van der Waals surface area contributed by atoms with Crippen LogP contribution in [0.1, 0.15) is 18.7 Å². The van der Waals surface area contributed by atoms with E-state index in [0.29, 0.717) is 11.7 Å². The summed E-state index contributed by atoms with van der Waals surface area (Å²) < 4.78 is 7.05. The van der Waals surface area contributed by atoms with E-state index in [-0.39, 0.29) is 0 Å². The first-order valence-electron chi connectivity index (χ1n) is 6.01. The summed E-state index contributed by atoms with van der Waals surface area (Å²) in [6, 6.07) is 5.66. The fourth-order valence-electron chi connectivity index (χ4n) is 2.27. The molecule has 0 atom stereocenters. The largest absolute Gasteiger partial charge is 0.384 e. The molecule has 1 saturated heterocycles. The van der Waals surface area contributed by atoms with E-state index in [1.54, 1.807) is 4.52 Å². The third kappa shape index (κ3) is 2.10. The summed E-state index contributed by atoms with van der Waals surface area (Å²) >= 11 is 0. The molecule has 0 amide bonds. The number of rotatable bonds is 2. The minimum Gasteiger partial charge on any atom is -0.384 e. The minimum atomic E-state index is 0.633. The molecule has 2 N–H and O–H groups in total. The molecule has 2 aromatic rings. The van der Waals surface area contributed by atoms with Crippen molar-refractivity contribution in [1.29, 1.82) is 0 Å². The Morgan fingerprint density at radius 3 is 2.94 bits per heavy atom. The zero-order chi connectivity index (χ0) is 11.7. The first-order chi connectivity index (χ1) is 8.33. The normalized spacial score (nSPS) is 17.6. The number of nitrogens with zero attached hydrogens (tertiary/aromatic N) is 3. The van der Waals surface area contributed by atoms with Gasteiger partial charge in [-0.05, 0) is 30.9 Å². The molecule has 2 aromatic heterocycles. The third-order valence-corrected chi connectivity index (χ3v) is 3.25. The van der Waals surface area contributed by atoms with E-state index in [4.69, 9.17) is 10.5 Å². The van der Waals surface area contributed by atoms with Crippen LogP contribution < -0.4 is 5.73 Å². The molecule has 3 heterocycles. The van der Waals surface area contributed by atoms with E-state index in [1.165, 1.54) is 0 Å². The number of nitrogen functional groups attached to an aromatic ring is 1. The summed E-state index contributed by atoms with van der Waals surface area (Å²) in [6.07, 6.45) is 3.13. The standard InChI is InChI=1S/C12H16N4O/c13-10-2-1-3-12-14-11(15-16(10)12)8-9-4-6-17-7-5-9/h1-3,9H,4-8,13H2. The SMILES string of the molecule is Nc1cccc2nc(CC3CCOCC3)nn12. The lowest BCUT2D eigenvalue weighted by atomic mass is 9.96. The number of nitrogens with two attached hydrogens (primary N) is 1. The van der Waals surface area contributed by atoms with Gasteiger partial charge in [0.2, 0.25) is 0 Å². The van der Waals surface area contributed by atoms with E-state index in [1.807, 2.05) is 18.2 Å². The molecule has 3 rings (SSSR count). The monoisotopic (exact) mass is 232 g/mol. The van der Waals surface area contributed by atoms with Gasteiger partial charge in [-0.1, -0.05) is 6.07 Å². The maximum atomic E-state index is 5.84. The minimum absolute atomic E-state index is 0.633. The Morgan fingerprint density at radius 2 is 2.18 bits per heavy atom. The van der Waals surface area contributed by atoms with Gasteiger partial charge in [-0.15, -0.1) is 5.10 Å². The highest BCUT2D eigenvalue weighted by molar-refractivity contribution is 5.45. The highest BCUT2D eigenvalue weighted by atomic mass is 16.5. The van der Waals surface area contributed by atoms with Crippen molar-refractivity contribution < 1.29 is 4.74 Å². The van der Waals surface area contributed by atoms with Gasteiger partial charge in [-0.3, -0.25) is 0 Å². The average Bonchev–Trinajstić information content (AvgIpc) is 2.74. The van der Waals surface area contributed by atoms with Crippen LogP contribution in [0.3, 0.4) is 0 Å². The second-order valence-corrected chi connectivity index (χ2v) is 4.51. The van der Waals surface area contributed by atoms with E-state index in [0.717, 1.165) is 43.9 Å². The Balaban J connectivity index is 1.83. The lowest BCUT2D eigenvalue weighted by Crippen LogP contribution is -2.18. The molecule has 1 aliphatic heterocycles.